The Balaban J connectivity index is 3.11. The van der Waals surface area contributed by atoms with Gasteiger partial charge in [-0.2, -0.15) is 0 Å². The number of alkyl halides is 3. The summed E-state index contributed by atoms with van der Waals surface area (Å²) in [7, 11) is 2.44. The van der Waals surface area contributed by atoms with Crippen LogP contribution in [0.2, 0.25) is 0 Å². The average Bonchev–Trinajstić information content (AvgIpc) is 2.93. The summed E-state index contributed by atoms with van der Waals surface area (Å²) in [6.45, 7) is 0. The molecular weight excluding hydrogens is 357 g/mol. The zero-order valence-electron chi connectivity index (χ0n) is 11.8. The van der Waals surface area contributed by atoms with Crippen molar-refractivity contribution in [1.29, 1.82) is 0 Å². The van der Waals surface area contributed by atoms with Crippen LogP contribution in [0.25, 0.3) is 0 Å². The molecule has 0 N–H and O–H groups in total. The fourth-order valence-electron chi connectivity index (χ4n) is 1.87. The lowest BCUT2D eigenvalue weighted by molar-refractivity contribution is -0.146. The van der Waals surface area contributed by atoms with Crippen LogP contribution in [0.5, 0.6) is 0 Å². The van der Waals surface area contributed by atoms with Gasteiger partial charge in [-0.25, -0.2) is 4.79 Å². The third-order valence-corrected chi connectivity index (χ3v) is 3.44. The number of ketones is 1. The number of halogens is 3. The number of aromatic nitrogens is 1. The molecule has 22 heavy (non-hydrogen) atoms. The van der Waals surface area contributed by atoms with E-state index in [4.69, 9.17) is 39.5 Å². The molecule has 0 saturated heterocycles. The molecule has 9 heteroatoms. The van der Waals surface area contributed by atoms with E-state index in [1.165, 1.54) is 37.1 Å². The number of hydrogen-bond acceptors (Lipinski definition) is 5. The predicted octanol–water partition coefficient (Wildman–Crippen LogP) is 2.71. The first-order chi connectivity index (χ1) is 10.2. The van der Waals surface area contributed by atoms with Crippen LogP contribution in [0, 0.1) is 0 Å². The van der Waals surface area contributed by atoms with Crippen LogP contribution in [0.15, 0.2) is 18.3 Å². The van der Waals surface area contributed by atoms with Crippen molar-refractivity contribution in [2.24, 2.45) is 0 Å². The highest BCUT2D eigenvalue weighted by Crippen LogP contribution is 2.32. The highest BCUT2D eigenvalue weighted by molar-refractivity contribution is 6.77. The Morgan fingerprint density at radius 1 is 1.23 bits per heavy atom. The van der Waals surface area contributed by atoms with E-state index >= 15 is 0 Å². The molecule has 0 aliphatic heterocycles. The SMILES string of the molecule is COC(=O)CCC(C(=O)OC)n1cccc1C(=O)C(Cl)(Cl)Cl. The Bertz CT molecular complexity index is 564. The molecule has 0 spiro atoms. The van der Waals surface area contributed by atoms with Gasteiger partial charge in [-0.05, 0) is 18.6 Å². The zero-order valence-corrected chi connectivity index (χ0v) is 14.1. The molecule has 1 atom stereocenters. The van der Waals surface area contributed by atoms with Gasteiger partial charge in [0, 0.05) is 12.6 Å². The summed E-state index contributed by atoms with van der Waals surface area (Å²) in [5.41, 5.74) is 0.0280. The summed E-state index contributed by atoms with van der Waals surface area (Å²) in [4.78, 5) is 35.3. The maximum atomic E-state index is 12.1. The first-order valence-electron chi connectivity index (χ1n) is 6.15. The second kappa shape index (κ2) is 7.85. The van der Waals surface area contributed by atoms with Crippen molar-refractivity contribution in [3.63, 3.8) is 0 Å². The van der Waals surface area contributed by atoms with Crippen LogP contribution < -0.4 is 0 Å². The van der Waals surface area contributed by atoms with Crippen molar-refractivity contribution in [1.82, 2.24) is 4.57 Å². The summed E-state index contributed by atoms with van der Waals surface area (Å²) < 4.78 is 8.40. The number of Topliss-reactive ketones (excluding diaryl/α,β-unsaturated/α-hetero) is 1. The molecule has 1 unspecified atom stereocenters. The van der Waals surface area contributed by atoms with E-state index in [0.717, 1.165) is 0 Å². The highest BCUT2D eigenvalue weighted by Gasteiger charge is 2.35. The molecule has 1 aromatic heterocycles. The quantitative estimate of drug-likeness (QED) is 0.437. The minimum absolute atomic E-state index is 0.0280. The van der Waals surface area contributed by atoms with E-state index in [9.17, 15) is 14.4 Å². The molecule has 0 aliphatic carbocycles. The molecule has 0 radical (unpaired) electrons. The van der Waals surface area contributed by atoms with Gasteiger partial charge in [-0.3, -0.25) is 9.59 Å². The van der Waals surface area contributed by atoms with E-state index in [-0.39, 0.29) is 18.5 Å². The second-order valence-electron chi connectivity index (χ2n) is 4.28. The molecular formula is C13H14Cl3NO5. The van der Waals surface area contributed by atoms with Crippen molar-refractivity contribution in [3.8, 4) is 0 Å². The van der Waals surface area contributed by atoms with Crippen LogP contribution >= 0.6 is 34.8 Å². The maximum absolute atomic E-state index is 12.1. The number of carbonyl (C=O) groups is 3. The smallest absolute Gasteiger partial charge is 0.328 e. The van der Waals surface area contributed by atoms with Crippen LogP contribution in [-0.2, 0) is 19.1 Å². The summed E-state index contributed by atoms with van der Waals surface area (Å²) in [5, 5.41) is 0. The Hall–Kier alpha value is -1.24. The number of methoxy groups -OCH3 is 2. The highest BCUT2D eigenvalue weighted by atomic mass is 35.6. The van der Waals surface area contributed by atoms with Crippen molar-refractivity contribution in [2.45, 2.75) is 22.7 Å². The van der Waals surface area contributed by atoms with Crippen molar-refractivity contribution >= 4 is 52.5 Å². The van der Waals surface area contributed by atoms with Gasteiger partial charge in [0.1, 0.15) is 6.04 Å². The first kappa shape index (κ1) is 18.8. The number of hydrogen-bond donors (Lipinski definition) is 0. The maximum Gasteiger partial charge on any atom is 0.328 e. The fraction of sp³-hybridized carbons (Fsp3) is 0.462. The molecule has 1 aromatic rings. The molecule has 1 heterocycles. The number of rotatable bonds is 6. The molecule has 0 aromatic carbocycles. The van der Waals surface area contributed by atoms with Crippen LogP contribution in [-0.4, -0.2) is 40.3 Å². The van der Waals surface area contributed by atoms with E-state index < -0.39 is 27.6 Å². The number of esters is 2. The zero-order chi connectivity index (χ0) is 16.9. The number of ether oxygens (including phenoxy) is 2. The Morgan fingerprint density at radius 3 is 2.36 bits per heavy atom. The molecule has 0 aliphatic rings. The normalized spacial score (nSPS) is 12.6. The lowest BCUT2D eigenvalue weighted by Gasteiger charge is -2.20. The van der Waals surface area contributed by atoms with Gasteiger partial charge < -0.3 is 14.0 Å². The lowest BCUT2D eigenvalue weighted by atomic mass is 10.1. The van der Waals surface area contributed by atoms with Crippen LogP contribution in [0.4, 0.5) is 0 Å². The van der Waals surface area contributed by atoms with E-state index in [1.807, 2.05) is 0 Å². The monoisotopic (exact) mass is 369 g/mol. The van der Waals surface area contributed by atoms with Gasteiger partial charge in [0.2, 0.25) is 5.78 Å². The summed E-state index contributed by atoms with van der Waals surface area (Å²) in [6.07, 6.45) is 1.52. The van der Waals surface area contributed by atoms with Gasteiger partial charge in [-0.1, -0.05) is 34.8 Å². The molecule has 122 valence electrons. The summed E-state index contributed by atoms with van der Waals surface area (Å²) >= 11 is 16.8. The Kier molecular flexibility index (Phi) is 6.71. The fourth-order valence-corrected chi connectivity index (χ4v) is 2.16. The predicted molar refractivity (Wildman–Crippen MR) is 81.4 cm³/mol. The van der Waals surface area contributed by atoms with Gasteiger partial charge in [-0.15, -0.1) is 0 Å². The third-order valence-electron chi connectivity index (χ3n) is 2.93. The topological polar surface area (TPSA) is 74.6 Å². The van der Waals surface area contributed by atoms with E-state index in [0.29, 0.717) is 0 Å². The molecule has 6 nitrogen and oxygen atoms in total. The standard InChI is InChI=1S/C13H14Cl3NO5/c1-21-10(18)6-5-9(12(20)22-2)17-7-3-4-8(17)11(19)13(14,15)16/h3-4,7,9H,5-6H2,1-2H3. The second-order valence-corrected chi connectivity index (χ2v) is 6.56. The third kappa shape index (κ3) is 4.63. The van der Waals surface area contributed by atoms with Crippen molar-refractivity contribution in [2.75, 3.05) is 14.2 Å². The van der Waals surface area contributed by atoms with Gasteiger partial charge in [0.05, 0.1) is 19.9 Å². The van der Waals surface area contributed by atoms with Gasteiger partial charge in [0.25, 0.3) is 3.79 Å². The Morgan fingerprint density at radius 2 is 1.86 bits per heavy atom. The minimum Gasteiger partial charge on any atom is -0.469 e. The first-order valence-corrected chi connectivity index (χ1v) is 7.28. The van der Waals surface area contributed by atoms with Crippen LogP contribution in [0.3, 0.4) is 0 Å². The lowest BCUT2D eigenvalue weighted by Crippen LogP contribution is -2.28. The average molecular weight is 371 g/mol. The molecule has 0 fully saturated rings. The van der Waals surface area contributed by atoms with E-state index in [2.05, 4.69) is 4.74 Å². The van der Waals surface area contributed by atoms with E-state index in [1.54, 1.807) is 0 Å². The minimum atomic E-state index is -2.15. The molecule has 0 saturated carbocycles. The largest absolute Gasteiger partial charge is 0.469 e. The van der Waals surface area contributed by atoms with Crippen LogP contribution in [0.1, 0.15) is 29.4 Å². The van der Waals surface area contributed by atoms with Gasteiger partial charge >= 0.3 is 11.9 Å². The molecule has 0 amide bonds. The summed E-state index contributed by atoms with van der Waals surface area (Å²) in [6, 6.07) is 2.03. The number of nitrogens with zero attached hydrogens (tertiary/aromatic N) is 1. The molecule has 1 rings (SSSR count). The Labute approximate surface area is 142 Å². The molecule has 0 bridgehead atoms. The van der Waals surface area contributed by atoms with Crippen molar-refractivity contribution < 1.29 is 23.9 Å². The number of carbonyl (C=O) groups excluding carboxylic acids is 3. The van der Waals surface area contributed by atoms with Gasteiger partial charge in [0.15, 0.2) is 0 Å². The summed E-state index contributed by atoms with van der Waals surface area (Å²) in [5.74, 6) is -1.90. The van der Waals surface area contributed by atoms with Crippen molar-refractivity contribution in [3.05, 3.63) is 24.0 Å².